The molecule has 4 heteroatoms. The van der Waals surface area contributed by atoms with E-state index in [1.807, 2.05) is 25.1 Å². The first kappa shape index (κ1) is 13.0. The van der Waals surface area contributed by atoms with Crippen LogP contribution < -0.4 is 11.1 Å². The van der Waals surface area contributed by atoms with Gasteiger partial charge in [0, 0.05) is 12.5 Å². The summed E-state index contributed by atoms with van der Waals surface area (Å²) in [5.41, 5.74) is 7.95. The maximum absolute atomic E-state index is 12.1. The smallest absolute Gasteiger partial charge is 0.228 e. The van der Waals surface area contributed by atoms with Crippen LogP contribution in [0.5, 0.6) is 0 Å². The topological polar surface area (TPSA) is 55.1 Å². The Hall–Kier alpha value is -1.42. The van der Waals surface area contributed by atoms with E-state index >= 15 is 0 Å². The van der Waals surface area contributed by atoms with Crippen LogP contribution >= 0.6 is 12.2 Å². The van der Waals surface area contributed by atoms with Crippen molar-refractivity contribution in [3.05, 3.63) is 35.4 Å². The van der Waals surface area contributed by atoms with E-state index in [0.29, 0.717) is 11.4 Å². The number of benzene rings is 1. The van der Waals surface area contributed by atoms with Crippen LogP contribution in [0.4, 0.5) is 0 Å². The average molecular weight is 262 g/mol. The van der Waals surface area contributed by atoms with Gasteiger partial charge in [0.15, 0.2) is 0 Å². The summed E-state index contributed by atoms with van der Waals surface area (Å²) in [6.45, 7) is 2.03. The zero-order valence-corrected chi connectivity index (χ0v) is 11.3. The first-order valence-corrected chi connectivity index (χ1v) is 6.69. The van der Waals surface area contributed by atoms with Gasteiger partial charge in [0.25, 0.3) is 0 Å². The van der Waals surface area contributed by atoms with Gasteiger partial charge in [0.1, 0.15) is 0 Å². The molecule has 1 aromatic carbocycles. The van der Waals surface area contributed by atoms with E-state index in [9.17, 15) is 4.79 Å². The van der Waals surface area contributed by atoms with Gasteiger partial charge in [-0.2, -0.15) is 0 Å². The summed E-state index contributed by atoms with van der Waals surface area (Å²) in [6.07, 6.45) is 2.26. The highest BCUT2D eigenvalue weighted by Crippen LogP contribution is 2.34. The zero-order chi connectivity index (χ0) is 13.1. The first-order chi connectivity index (χ1) is 8.61. The van der Waals surface area contributed by atoms with Crippen molar-refractivity contribution in [3.63, 3.8) is 0 Å². The van der Waals surface area contributed by atoms with Gasteiger partial charge in [-0.1, -0.05) is 43.4 Å². The van der Waals surface area contributed by atoms with Crippen molar-refractivity contribution in [2.75, 3.05) is 0 Å². The molecule has 2 atom stereocenters. The highest BCUT2D eigenvalue weighted by atomic mass is 32.1. The van der Waals surface area contributed by atoms with E-state index in [-0.39, 0.29) is 17.9 Å². The van der Waals surface area contributed by atoms with Gasteiger partial charge in [-0.25, -0.2) is 0 Å². The molecule has 1 amide bonds. The van der Waals surface area contributed by atoms with E-state index in [1.54, 1.807) is 0 Å². The second-order valence-corrected chi connectivity index (χ2v) is 5.26. The predicted octanol–water partition coefficient (Wildman–Crippen LogP) is 1.90. The largest absolute Gasteiger partial charge is 0.393 e. The third kappa shape index (κ3) is 2.70. The van der Waals surface area contributed by atoms with Crippen molar-refractivity contribution < 1.29 is 4.79 Å². The molecule has 0 saturated heterocycles. The van der Waals surface area contributed by atoms with Gasteiger partial charge in [-0.15, -0.1) is 0 Å². The van der Waals surface area contributed by atoms with Crippen LogP contribution in [-0.2, 0) is 11.2 Å². The number of amides is 1. The first-order valence-electron chi connectivity index (χ1n) is 6.28. The normalized spacial score (nSPS) is 18.4. The van der Waals surface area contributed by atoms with Gasteiger partial charge >= 0.3 is 0 Å². The lowest BCUT2D eigenvalue weighted by atomic mass is 9.77. The van der Waals surface area contributed by atoms with E-state index in [2.05, 4.69) is 11.4 Å². The fourth-order valence-corrected chi connectivity index (χ4v) is 2.54. The molecule has 3 nitrogen and oxygen atoms in total. The summed E-state index contributed by atoms with van der Waals surface area (Å²) >= 11 is 4.89. The highest BCUT2D eigenvalue weighted by Gasteiger charge is 2.32. The third-order valence-corrected chi connectivity index (χ3v) is 3.62. The summed E-state index contributed by atoms with van der Waals surface area (Å²) in [6, 6.07) is 8.14. The Morgan fingerprint density at radius 3 is 2.89 bits per heavy atom. The van der Waals surface area contributed by atoms with E-state index in [4.69, 9.17) is 18.0 Å². The molecule has 2 rings (SSSR count). The highest BCUT2D eigenvalue weighted by molar-refractivity contribution is 7.80. The number of hydrogen-bond acceptors (Lipinski definition) is 2. The number of fused-ring (bicyclic) bond motifs is 1. The van der Waals surface area contributed by atoms with Crippen molar-refractivity contribution in [1.29, 1.82) is 0 Å². The van der Waals surface area contributed by atoms with Gasteiger partial charge in [0.05, 0.1) is 10.9 Å². The van der Waals surface area contributed by atoms with Crippen LogP contribution in [0, 0.1) is 0 Å². The minimum absolute atomic E-state index is 0.00148. The summed E-state index contributed by atoms with van der Waals surface area (Å²) in [5.74, 6) is 0.0957. The lowest BCUT2D eigenvalue weighted by Crippen LogP contribution is -2.42. The molecule has 1 aromatic rings. The Kier molecular flexibility index (Phi) is 3.97. The summed E-state index contributed by atoms with van der Waals surface area (Å²) in [5, 5.41) is 3.03. The molecule has 0 fully saturated rings. The standard InChI is InChI=1S/C14H18N2OS/c1-2-10(8-13(15)18)16-14(17)12-7-9-5-3-4-6-11(9)12/h3-6,10,12H,2,7-8H2,1H3,(H2,15,18)(H,16,17). The number of nitrogens with two attached hydrogens (primary N) is 1. The lowest BCUT2D eigenvalue weighted by molar-refractivity contribution is -0.123. The third-order valence-electron chi connectivity index (χ3n) is 3.46. The van der Waals surface area contributed by atoms with Crippen molar-refractivity contribution in [2.24, 2.45) is 5.73 Å². The molecule has 0 heterocycles. The van der Waals surface area contributed by atoms with Gasteiger partial charge in [0.2, 0.25) is 5.91 Å². The molecular weight excluding hydrogens is 244 g/mol. The molecule has 0 saturated carbocycles. The second-order valence-electron chi connectivity index (χ2n) is 4.74. The molecular formula is C14H18N2OS. The minimum Gasteiger partial charge on any atom is -0.393 e. The summed E-state index contributed by atoms with van der Waals surface area (Å²) in [4.78, 5) is 12.6. The molecule has 96 valence electrons. The Labute approximate surface area is 113 Å². The molecule has 0 spiro atoms. The monoisotopic (exact) mass is 262 g/mol. The number of carbonyl (C=O) groups is 1. The molecule has 0 aromatic heterocycles. The Bertz CT molecular complexity index is 473. The van der Waals surface area contributed by atoms with Gasteiger partial charge < -0.3 is 11.1 Å². The molecule has 0 bridgehead atoms. The quantitative estimate of drug-likeness (QED) is 0.797. The predicted molar refractivity (Wildman–Crippen MR) is 76.5 cm³/mol. The van der Waals surface area contributed by atoms with Crippen molar-refractivity contribution in [2.45, 2.75) is 38.1 Å². The second kappa shape index (κ2) is 5.48. The lowest BCUT2D eigenvalue weighted by Gasteiger charge is -2.30. The molecule has 2 unspecified atom stereocenters. The minimum atomic E-state index is 0.00148. The number of nitrogens with one attached hydrogen (secondary N) is 1. The fraction of sp³-hybridized carbons (Fsp3) is 0.429. The number of rotatable bonds is 5. The summed E-state index contributed by atoms with van der Waals surface area (Å²) in [7, 11) is 0. The molecule has 3 N–H and O–H groups in total. The van der Waals surface area contributed by atoms with Crippen molar-refractivity contribution >= 4 is 23.1 Å². The SMILES string of the molecule is CCC(CC(N)=S)NC(=O)C1Cc2ccccc21. The number of hydrogen-bond donors (Lipinski definition) is 2. The molecule has 1 aliphatic carbocycles. The molecule has 0 aliphatic heterocycles. The van der Waals surface area contributed by atoms with Crippen LogP contribution in [0.25, 0.3) is 0 Å². The number of carbonyl (C=O) groups excluding carboxylic acids is 1. The van der Waals surface area contributed by atoms with Crippen molar-refractivity contribution in [1.82, 2.24) is 5.32 Å². The Morgan fingerprint density at radius 2 is 2.28 bits per heavy atom. The van der Waals surface area contributed by atoms with Crippen LogP contribution in [-0.4, -0.2) is 16.9 Å². The van der Waals surface area contributed by atoms with Crippen molar-refractivity contribution in [3.8, 4) is 0 Å². The Morgan fingerprint density at radius 1 is 1.56 bits per heavy atom. The zero-order valence-electron chi connectivity index (χ0n) is 10.5. The molecule has 1 aliphatic rings. The van der Waals surface area contributed by atoms with Crippen LogP contribution in [0.15, 0.2) is 24.3 Å². The van der Waals surface area contributed by atoms with Crippen LogP contribution in [0.1, 0.15) is 36.8 Å². The van der Waals surface area contributed by atoms with Crippen LogP contribution in [0.3, 0.4) is 0 Å². The van der Waals surface area contributed by atoms with E-state index < -0.39 is 0 Å². The molecule has 0 radical (unpaired) electrons. The maximum atomic E-state index is 12.1. The maximum Gasteiger partial charge on any atom is 0.228 e. The summed E-state index contributed by atoms with van der Waals surface area (Å²) < 4.78 is 0. The number of thiocarbonyl (C=S) groups is 1. The van der Waals surface area contributed by atoms with E-state index in [1.165, 1.54) is 5.56 Å². The Balaban J connectivity index is 1.96. The molecule has 18 heavy (non-hydrogen) atoms. The van der Waals surface area contributed by atoms with Crippen LogP contribution in [0.2, 0.25) is 0 Å². The van der Waals surface area contributed by atoms with Gasteiger partial charge in [-0.05, 0) is 24.0 Å². The fourth-order valence-electron chi connectivity index (χ4n) is 2.33. The average Bonchev–Trinajstić information content (AvgIpc) is 2.29. The van der Waals surface area contributed by atoms with E-state index in [0.717, 1.165) is 18.4 Å². The van der Waals surface area contributed by atoms with Gasteiger partial charge in [-0.3, -0.25) is 4.79 Å².